The van der Waals surface area contributed by atoms with Crippen LogP contribution in [0.2, 0.25) is 0 Å². The number of aryl methyl sites for hydroxylation is 2. The van der Waals surface area contributed by atoms with Crippen LogP contribution in [0, 0.1) is 13.8 Å². The monoisotopic (exact) mass is 300 g/mol. The first-order valence-corrected chi connectivity index (χ1v) is 8.07. The largest absolute Gasteiger partial charge is 0.393 e. The van der Waals surface area contributed by atoms with Crippen LogP contribution in [0.1, 0.15) is 24.5 Å². The van der Waals surface area contributed by atoms with Gasteiger partial charge in [0.05, 0.1) is 11.0 Å². The van der Waals surface area contributed by atoms with E-state index in [4.69, 9.17) is 0 Å². The average molecular weight is 300 g/mol. The topological polar surface area (TPSA) is 69.6 Å². The third-order valence-corrected chi connectivity index (χ3v) is 5.44. The number of aliphatic hydroxyl groups excluding tert-OH is 1. The molecule has 0 bridgehead atoms. The van der Waals surface area contributed by atoms with Gasteiger partial charge < -0.3 is 10.4 Å². The highest BCUT2D eigenvalue weighted by molar-refractivity contribution is 7.89. The van der Waals surface area contributed by atoms with Crippen molar-refractivity contribution in [2.75, 3.05) is 26.0 Å². The first kappa shape index (κ1) is 16.9. The predicted octanol–water partition coefficient (Wildman–Crippen LogP) is 1.74. The molecule has 0 spiro atoms. The minimum atomic E-state index is -3.53. The molecule has 1 rings (SSSR count). The molecule has 0 saturated carbocycles. The highest BCUT2D eigenvalue weighted by Gasteiger charge is 2.25. The predicted molar refractivity (Wildman–Crippen MR) is 81.6 cm³/mol. The summed E-state index contributed by atoms with van der Waals surface area (Å²) in [7, 11) is -0.180. The number of benzene rings is 1. The molecule has 1 unspecified atom stereocenters. The minimum absolute atomic E-state index is 0.298. The lowest BCUT2D eigenvalue weighted by Crippen LogP contribution is -2.30. The maximum atomic E-state index is 12.6. The standard InChI is InChI=1S/C14H24N2O3S/c1-10-8-13(15-4)9-11(2)14(10)20(18,19)16(5)7-6-12(3)17/h8-9,12,15,17H,6-7H2,1-5H3. The van der Waals surface area contributed by atoms with E-state index in [1.807, 2.05) is 12.1 Å². The van der Waals surface area contributed by atoms with Crippen molar-refractivity contribution in [1.82, 2.24) is 4.31 Å². The van der Waals surface area contributed by atoms with Crippen LogP contribution in [-0.4, -0.2) is 44.6 Å². The van der Waals surface area contributed by atoms with Crippen molar-refractivity contribution < 1.29 is 13.5 Å². The molecule has 1 aromatic carbocycles. The van der Waals surface area contributed by atoms with Gasteiger partial charge in [0.2, 0.25) is 10.0 Å². The number of hydrogen-bond donors (Lipinski definition) is 2. The summed E-state index contributed by atoms with van der Waals surface area (Å²) >= 11 is 0. The number of hydrogen-bond acceptors (Lipinski definition) is 4. The van der Waals surface area contributed by atoms with Crippen molar-refractivity contribution in [3.63, 3.8) is 0 Å². The molecular weight excluding hydrogens is 276 g/mol. The van der Waals surface area contributed by atoms with E-state index in [9.17, 15) is 13.5 Å². The Morgan fingerprint density at radius 1 is 1.30 bits per heavy atom. The molecule has 0 aliphatic heterocycles. The van der Waals surface area contributed by atoms with Gasteiger partial charge in [-0.3, -0.25) is 0 Å². The SMILES string of the molecule is CNc1cc(C)c(S(=O)(=O)N(C)CCC(C)O)c(C)c1. The molecule has 0 fully saturated rings. The van der Waals surface area contributed by atoms with Gasteiger partial charge in [-0.05, 0) is 50.5 Å². The average Bonchev–Trinajstić information content (AvgIpc) is 2.34. The van der Waals surface area contributed by atoms with E-state index in [2.05, 4.69) is 5.32 Å². The van der Waals surface area contributed by atoms with Gasteiger partial charge in [-0.1, -0.05) is 0 Å². The van der Waals surface area contributed by atoms with Gasteiger partial charge in [-0.2, -0.15) is 0 Å². The van der Waals surface area contributed by atoms with Gasteiger partial charge in [0.15, 0.2) is 0 Å². The van der Waals surface area contributed by atoms with Crippen LogP contribution >= 0.6 is 0 Å². The fourth-order valence-corrected chi connectivity index (χ4v) is 3.74. The van der Waals surface area contributed by atoms with Gasteiger partial charge in [-0.15, -0.1) is 0 Å². The molecule has 0 aromatic heterocycles. The van der Waals surface area contributed by atoms with Crippen LogP contribution < -0.4 is 5.32 Å². The van der Waals surface area contributed by atoms with Crippen molar-refractivity contribution in [3.05, 3.63) is 23.3 Å². The number of nitrogens with one attached hydrogen (secondary N) is 1. The zero-order valence-corrected chi connectivity index (χ0v) is 13.6. The Kier molecular flexibility index (Phi) is 5.56. The van der Waals surface area contributed by atoms with Crippen LogP contribution in [0.3, 0.4) is 0 Å². The third kappa shape index (κ3) is 3.71. The summed E-state index contributed by atoms with van der Waals surface area (Å²) in [4.78, 5) is 0.351. The molecule has 114 valence electrons. The maximum absolute atomic E-state index is 12.6. The zero-order chi connectivity index (χ0) is 15.5. The van der Waals surface area contributed by atoms with Crippen LogP contribution in [0.15, 0.2) is 17.0 Å². The summed E-state index contributed by atoms with van der Waals surface area (Å²) in [5.74, 6) is 0. The van der Waals surface area contributed by atoms with Crippen LogP contribution in [0.5, 0.6) is 0 Å². The summed E-state index contributed by atoms with van der Waals surface area (Å²) in [5.41, 5.74) is 2.34. The summed E-state index contributed by atoms with van der Waals surface area (Å²) in [6.45, 7) is 5.54. The normalized spacial score (nSPS) is 13.6. The maximum Gasteiger partial charge on any atom is 0.243 e. The highest BCUT2D eigenvalue weighted by atomic mass is 32.2. The van der Waals surface area contributed by atoms with E-state index >= 15 is 0 Å². The van der Waals surface area contributed by atoms with Gasteiger partial charge in [0.1, 0.15) is 0 Å². The molecular formula is C14H24N2O3S. The van der Waals surface area contributed by atoms with Crippen molar-refractivity contribution in [3.8, 4) is 0 Å². The first-order valence-electron chi connectivity index (χ1n) is 6.63. The Bertz CT molecular complexity index is 545. The van der Waals surface area contributed by atoms with Crippen LogP contribution in [0.25, 0.3) is 0 Å². The van der Waals surface area contributed by atoms with Crippen molar-refractivity contribution >= 4 is 15.7 Å². The van der Waals surface area contributed by atoms with E-state index in [0.717, 1.165) is 16.8 Å². The Hall–Kier alpha value is -1.11. The third-order valence-electron chi connectivity index (χ3n) is 3.28. The van der Waals surface area contributed by atoms with E-state index in [-0.39, 0.29) is 0 Å². The van der Waals surface area contributed by atoms with Crippen molar-refractivity contribution in [1.29, 1.82) is 0 Å². The van der Waals surface area contributed by atoms with Gasteiger partial charge in [0, 0.05) is 26.3 Å². The number of nitrogens with zero attached hydrogens (tertiary/aromatic N) is 1. The van der Waals surface area contributed by atoms with Crippen molar-refractivity contribution in [2.24, 2.45) is 0 Å². The molecule has 0 aliphatic rings. The van der Waals surface area contributed by atoms with Crippen LogP contribution in [-0.2, 0) is 10.0 Å². The molecule has 20 heavy (non-hydrogen) atoms. The van der Waals surface area contributed by atoms with Gasteiger partial charge in [0.25, 0.3) is 0 Å². The molecule has 0 heterocycles. The summed E-state index contributed by atoms with van der Waals surface area (Å²) in [6, 6.07) is 3.64. The number of sulfonamides is 1. The smallest absolute Gasteiger partial charge is 0.243 e. The lowest BCUT2D eigenvalue weighted by molar-refractivity contribution is 0.177. The number of rotatable bonds is 6. The Morgan fingerprint density at radius 3 is 2.20 bits per heavy atom. The Balaban J connectivity index is 3.15. The first-order chi connectivity index (χ1) is 9.20. The Morgan fingerprint density at radius 2 is 1.80 bits per heavy atom. The van der Waals surface area contributed by atoms with Gasteiger partial charge >= 0.3 is 0 Å². The molecule has 0 radical (unpaired) electrons. The summed E-state index contributed by atoms with van der Waals surface area (Å²) in [5, 5.41) is 12.3. The number of anilines is 1. The zero-order valence-electron chi connectivity index (χ0n) is 12.8. The number of aliphatic hydroxyl groups is 1. The second kappa shape index (κ2) is 6.56. The highest BCUT2D eigenvalue weighted by Crippen LogP contribution is 2.26. The lowest BCUT2D eigenvalue weighted by Gasteiger charge is -2.21. The summed E-state index contributed by atoms with van der Waals surface area (Å²) < 4.78 is 26.5. The molecule has 0 aliphatic carbocycles. The molecule has 5 nitrogen and oxygen atoms in total. The molecule has 0 amide bonds. The quantitative estimate of drug-likeness (QED) is 0.839. The van der Waals surface area contributed by atoms with E-state index in [1.54, 1.807) is 34.9 Å². The second-order valence-corrected chi connectivity index (χ2v) is 7.14. The van der Waals surface area contributed by atoms with Crippen molar-refractivity contribution in [2.45, 2.75) is 38.2 Å². The van der Waals surface area contributed by atoms with E-state index in [1.165, 1.54) is 4.31 Å². The second-order valence-electron chi connectivity index (χ2n) is 5.15. The fraction of sp³-hybridized carbons (Fsp3) is 0.571. The molecule has 1 atom stereocenters. The lowest BCUT2D eigenvalue weighted by atomic mass is 10.1. The summed E-state index contributed by atoms with van der Waals surface area (Å²) in [6.07, 6.45) is -0.0934. The van der Waals surface area contributed by atoms with E-state index < -0.39 is 16.1 Å². The molecule has 2 N–H and O–H groups in total. The molecule has 6 heteroatoms. The van der Waals surface area contributed by atoms with Gasteiger partial charge in [-0.25, -0.2) is 12.7 Å². The molecule has 0 saturated heterocycles. The van der Waals surface area contributed by atoms with Crippen LogP contribution in [0.4, 0.5) is 5.69 Å². The Labute approximate surface area is 121 Å². The minimum Gasteiger partial charge on any atom is -0.393 e. The molecule has 1 aromatic rings. The van der Waals surface area contributed by atoms with E-state index in [0.29, 0.717) is 17.9 Å². The fourth-order valence-electron chi connectivity index (χ4n) is 2.15.